The maximum Gasteiger partial charge on any atom is 0.227 e. The van der Waals surface area contributed by atoms with Gasteiger partial charge in [-0.25, -0.2) is 0 Å². The fraction of sp³-hybridized carbons (Fsp3) is 0.278. The number of carbonyl (C=O) groups is 1. The number of carbonyl (C=O) groups excluding carboxylic acids is 1. The van der Waals surface area contributed by atoms with E-state index in [9.17, 15) is 4.79 Å². The number of thioether (sulfide) groups is 1. The van der Waals surface area contributed by atoms with E-state index in [1.807, 2.05) is 47.5 Å². The summed E-state index contributed by atoms with van der Waals surface area (Å²) < 4.78 is 5.19. The summed E-state index contributed by atoms with van der Waals surface area (Å²) in [7, 11) is 0. The quantitative estimate of drug-likeness (QED) is 0.578. The van der Waals surface area contributed by atoms with Crippen LogP contribution in [0.2, 0.25) is 0 Å². The van der Waals surface area contributed by atoms with Crippen LogP contribution < -0.4 is 5.32 Å². The number of amides is 1. The molecule has 1 N–H and O–H groups in total. The Hall–Kier alpha value is -2.12. The summed E-state index contributed by atoms with van der Waals surface area (Å²) in [5.74, 6) is 2.95. The zero-order chi connectivity index (χ0) is 17.3. The molecular formula is C18H19N3O2S2. The van der Waals surface area contributed by atoms with E-state index in [0.717, 1.165) is 16.4 Å². The van der Waals surface area contributed by atoms with Gasteiger partial charge >= 0.3 is 0 Å². The van der Waals surface area contributed by atoms with Crippen LogP contribution in [0.1, 0.15) is 17.9 Å². The van der Waals surface area contributed by atoms with Crippen LogP contribution >= 0.6 is 23.1 Å². The number of hydrogen-bond acceptors (Lipinski definition) is 6. The van der Waals surface area contributed by atoms with Gasteiger partial charge in [-0.15, -0.1) is 11.3 Å². The van der Waals surface area contributed by atoms with Crippen LogP contribution in [0.5, 0.6) is 0 Å². The van der Waals surface area contributed by atoms with Gasteiger partial charge in [-0.1, -0.05) is 41.6 Å². The largest absolute Gasteiger partial charge is 0.355 e. The molecule has 1 amide bonds. The number of aromatic nitrogens is 2. The number of rotatable bonds is 9. The highest BCUT2D eigenvalue weighted by Gasteiger charge is 2.11. The Morgan fingerprint density at radius 3 is 2.88 bits per heavy atom. The Balaban J connectivity index is 1.30. The fourth-order valence-electron chi connectivity index (χ4n) is 2.20. The molecule has 3 aromatic rings. The van der Waals surface area contributed by atoms with E-state index in [4.69, 9.17) is 4.52 Å². The standard InChI is InChI=1S/C18H19N3O2S2/c22-16(19-10-12-24-13-14-5-2-1-3-6-14)8-9-17-20-18(21-23-17)15-7-4-11-25-15/h1-7,11H,8-10,12-13H2,(H,19,22). The maximum absolute atomic E-state index is 11.9. The molecule has 0 aliphatic rings. The summed E-state index contributed by atoms with van der Waals surface area (Å²) in [4.78, 5) is 17.2. The van der Waals surface area contributed by atoms with E-state index in [0.29, 0.717) is 31.1 Å². The maximum atomic E-state index is 11.9. The van der Waals surface area contributed by atoms with E-state index in [1.165, 1.54) is 5.56 Å². The van der Waals surface area contributed by atoms with Crippen LogP contribution in [0.4, 0.5) is 0 Å². The molecule has 0 aliphatic carbocycles. The molecule has 0 saturated heterocycles. The van der Waals surface area contributed by atoms with Crippen molar-refractivity contribution in [1.29, 1.82) is 0 Å². The van der Waals surface area contributed by atoms with Gasteiger partial charge in [0.05, 0.1) is 4.88 Å². The van der Waals surface area contributed by atoms with Crippen molar-refractivity contribution in [2.75, 3.05) is 12.3 Å². The number of hydrogen-bond donors (Lipinski definition) is 1. The van der Waals surface area contributed by atoms with Gasteiger partial charge in [0.15, 0.2) is 0 Å². The van der Waals surface area contributed by atoms with Crippen molar-refractivity contribution in [2.45, 2.75) is 18.6 Å². The van der Waals surface area contributed by atoms with Gasteiger partial charge in [0, 0.05) is 30.9 Å². The smallest absolute Gasteiger partial charge is 0.227 e. The topological polar surface area (TPSA) is 68.0 Å². The molecule has 0 fully saturated rings. The summed E-state index contributed by atoms with van der Waals surface area (Å²) in [6.07, 6.45) is 0.816. The molecule has 2 heterocycles. The second-order valence-corrected chi connectivity index (χ2v) is 7.43. The molecule has 0 spiro atoms. The van der Waals surface area contributed by atoms with Crippen LogP contribution in [-0.2, 0) is 17.0 Å². The highest BCUT2D eigenvalue weighted by molar-refractivity contribution is 7.98. The normalized spacial score (nSPS) is 10.7. The molecular weight excluding hydrogens is 354 g/mol. The molecule has 0 saturated carbocycles. The van der Waals surface area contributed by atoms with Crippen molar-refractivity contribution in [3.63, 3.8) is 0 Å². The Morgan fingerprint density at radius 1 is 1.20 bits per heavy atom. The van der Waals surface area contributed by atoms with Crippen molar-refractivity contribution in [3.8, 4) is 10.7 Å². The minimum Gasteiger partial charge on any atom is -0.355 e. The van der Waals surface area contributed by atoms with Crippen LogP contribution in [0.3, 0.4) is 0 Å². The van der Waals surface area contributed by atoms with Crippen molar-refractivity contribution in [3.05, 3.63) is 59.3 Å². The van der Waals surface area contributed by atoms with Gasteiger partial charge in [0.2, 0.25) is 17.6 Å². The lowest BCUT2D eigenvalue weighted by molar-refractivity contribution is -0.121. The number of nitrogens with one attached hydrogen (secondary N) is 1. The summed E-state index contributed by atoms with van der Waals surface area (Å²) in [5, 5.41) is 8.83. The van der Waals surface area contributed by atoms with E-state index in [2.05, 4.69) is 27.6 Å². The molecule has 130 valence electrons. The van der Waals surface area contributed by atoms with E-state index in [-0.39, 0.29) is 5.91 Å². The molecule has 1 aromatic carbocycles. The van der Waals surface area contributed by atoms with Gasteiger partial charge in [0.25, 0.3) is 0 Å². The van der Waals surface area contributed by atoms with E-state index < -0.39 is 0 Å². The third kappa shape index (κ3) is 5.72. The molecule has 0 aliphatic heterocycles. The predicted octanol–water partition coefficient (Wildman–Crippen LogP) is 3.78. The lowest BCUT2D eigenvalue weighted by atomic mass is 10.2. The van der Waals surface area contributed by atoms with Crippen LogP contribution in [0.15, 0.2) is 52.4 Å². The number of nitrogens with zero attached hydrogens (tertiary/aromatic N) is 2. The summed E-state index contributed by atoms with van der Waals surface area (Å²) in [6, 6.07) is 14.2. The second-order valence-electron chi connectivity index (χ2n) is 5.38. The van der Waals surface area contributed by atoms with Gasteiger partial charge in [-0.2, -0.15) is 16.7 Å². The van der Waals surface area contributed by atoms with E-state index in [1.54, 1.807) is 11.3 Å². The Bertz CT molecular complexity index is 773. The number of benzene rings is 1. The zero-order valence-electron chi connectivity index (χ0n) is 13.7. The monoisotopic (exact) mass is 373 g/mol. The number of aryl methyl sites for hydroxylation is 1. The first kappa shape index (κ1) is 17.7. The highest BCUT2D eigenvalue weighted by Crippen LogP contribution is 2.21. The highest BCUT2D eigenvalue weighted by atomic mass is 32.2. The minimum atomic E-state index is 0.0104. The first-order chi connectivity index (χ1) is 12.3. The van der Waals surface area contributed by atoms with Gasteiger partial charge in [-0.05, 0) is 17.0 Å². The van der Waals surface area contributed by atoms with Crippen LogP contribution in [-0.4, -0.2) is 28.3 Å². The van der Waals surface area contributed by atoms with Crippen LogP contribution in [0, 0.1) is 0 Å². The average Bonchev–Trinajstić information content (AvgIpc) is 3.32. The number of thiophene rings is 1. The first-order valence-corrected chi connectivity index (χ1v) is 10.1. The predicted molar refractivity (Wildman–Crippen MR) is 102 cm³/mol. The van der Waals surface area contributed by atoms with Gasteiger partial charge in [-0.3, -0.25) is 4.79 Å². The van der Waals surface area contributed by atoms with Crippen molar-refractivity contribution >= 4 is 29.0 Å². The van der Waals surface area contributed by atoms with Crippen LogP contribution in [0.25, 0.3) is 10.7 Å². The van der Waals surface area contributed by atoms with E-state index >= 15 is 0 Å². The Labute approximate surface area is 154 Å². The second kappa shape index (κ2) is 9.39. The minimum absolute atomic E-state index is 0.0104. The zero-order valence-corrected chi connectivity index (χ0v) is 15.3. The summed E-state index contributed by atoms with van der Waals surface area (Å²) in [5.41, 5.74) is 1.30. The molecule has 0 atom stereocenters. The molecule has 0 bridgehead atoms. The SMILES string of the molecule is O=C(CCc1nc(-c2cccs2)no1)NCCSCc1ccccc1. The first-order valence-electron chi connectivity index (χ1n) is 8.06. The molecule has 25 heavy (non-hydrogen) atoms. The molecule has 3 rings (SSSR count). The summed E-state index contributed by atoms with van der Waals surface area (Å²) in [6.45, 7) is 0.667. The lowest BCUT2D eigenvalue weighted by Crippen LogP contribution is -2.25. The Kier molecular flexibility index (Phi) is 6.64. The Morgan fingerprint density at radius 2 is 2.08 bits per heavy atom. The van der Waals surface area contributed by atoms with Gasteiger partial charge in [0.1, 0.15) is 0 Å². The molecule has 0 unspecified atom stereocenters. The summed E-state index contributed by atoms with van der Waals surface area (Å²) >= 11 is 3.37. The van der Waals surface area contributed by atoms with Crippen molar-refractivity contribution in [2.24, 2.45) is 0 Å². The molecule has 7 heteroatoms. The van der Waals surface area contributed by atoms with Crippen molar-refractivity contribution in [1.82, 2.24) is 15.5 Å². The molecule has 5 nitrogen and oxygen atoms in total. The molecule has 0 radical (unpaired) electrons. The fourth-order valence-corrected chi connectivity index (χ4v) is 3.67. The molecule has 2 aromatic heterocycles. The average molecular weight is 374 g/mol. The third-order valence-electron chi connectivity index (χ3n) is 3.46. The lowest BCUT2D eigenvalue weighted by Gasteiger charge is -2.04. The van der Waals surface area contributed by atoms with Crippen molar-refractivity contribution < 1.29 is 9.32 Å². The third-order valence-corrected chi connectivity index (χ3v) is 5.35. The van der Waals surface area contributed by atoms with Gasteiger partial charge < -0.3 is 9.84 Å².